The number of rotatable bonds is 6. The number of aromatic nitrogens is 1. The first-order valence-electron chi connectivity index (χ1n) is 7.10. The molecule has 0 bridgehead atoms. The van der Waals surface area contributed by atoms with E-state index in [9.17, 15) is 13.2 Å². The van der Waals surface area contributed by atoms with E-state index < -0.39 is 16.0 Å². The Balaban J connectivity index is 2.26. The fourth-order valence-corrected chi connectivity index (χ4v) is 3.47. The van der Waals surface area contributed by atoms with Gasteiger partial charge < -0.3 is 9.26 Å². The van der Waals surface area contributed by atoms with Crippen LogP contribution >= 0.6 is 11.6 Å². The second kappa shape index (κ2) is 7.52. The summed E-state index contributed by atoms with van der Waals surface area (Å²) in [6.45, 7) is 3.40. The van der Waals surface area contributed by atoms with Crippen molar-refractivity contribution in [3.8, 4) is 0 Å². The van der Waals surface area contributed by atoms with Gasteiger partial charge in [-0.3, -0.25) is 4.84 Å². The molecule has 8 nitrogen and oxygen atoms in total. The second-order valence-corrected chi connectivity index (χ2v) is 7.43. The Hall–Kier alpha value is -1.94. The number of carbonyl (C=O) groups is 1. The van der Waals surface area contributed by atoms with Crippen LogP contribution in [0, 0.1) is 13.8 Å². The molecule has 25 heavy (non-hydrogen) atoms. The van der Waals surface area contributed by atoms with Gasteiger partial charge in [-0.2, -0.15) is 0 Å². The quantitative estimate of drug-likeness (QED) is 0.553. The zero-order valence-electron chi connectivity index (χ0n) is 14.1. The molecule has 0 amide bonds. The van der Waals surface area contributed by atoms with Crippen molar-refractivity contribution in [1.82, 2.24) is 9.63 Å². The molecule has 0 aliphatic heterocycles. The maximum atomic E-state index is 12.3. The van der Waals surface area contributed by atoms with E-state index in [1.807, 2.05) is 0 Å². The molecule has 2 rings (SSSR count). The Morgan fingerprint density at radius 1 is 1.36 bits per heavy atom. The van der Waals surface area contributed by atoms with Crippen molar-refractivity contribution < 1.29 is 27.3 Å². The van der Waals surface area contributed by atoms with E-state index in [2.05, 4.69) is 5.16 Å². The minimum absolute atomic E-state index is 0.0360. The summed E-state index contributed by atoms with van der Waals surface area (Å²) in [6, 6.07) is 3.83. The lowest BCUT2D eigenvalue weighted by atomic mass is 10.2. The van der Waals surface area contributed by atoms with Crippen LogP contribution in [-0.4, -0.2) is 38.2 Å². The zero-order valence-corrected chi connectivity index (χ0v) is 15.6. The van der Waals surface area contributed by atoms with Gasteiger partial charge in [0.05, 0.1) is 29.0 Å². The number of hydroxylamine groups is 1. The highest BCUT2D eigenvalue weighted by Crippen LogP contribution is 2.26. The van der Waals surface area contributed by atoms with Crippen LogP contribution < -0.4 is 0 Å². The molecule has 0 atom stereocenters. The molecule has 0 saturated carbocycles. The Morgan fingerprint density at radius 3 is 2.60 bits per heavy atom. The Bertz CT molecular complexity index is 874. The van der Waals surface area contributed by atoms with Crippen molar-refractivity contribution in [2.24, 2.45) is 0 Å². The smallest absolute Gasteiger partial charge is 0.338 e. The summed E-state index contributed by atoms with van der Waals surface area (Å²) in [5, 5.41) is 3.74. The van der Waals surface area contributed by atoms with Crippen LogP contribution in [0.2, 0.25) is 5.02 Å². The molecule has 0 N–H and O–H groups in total. The summed E-state index contributed by atoms with van der Waals surface area (Å²) < 4.78 is 35.5. The van der Waals surface area contributed by atoms with Crippen LogP contribution in [0.5, 0.6) is 0 Å². The fraction of sp³-hybridized carbons (Fsp3) is 0.333. The van der Waals surface area contributed by atoms with E-state index in [0.29, 0.717) is 21.5 Å². The highest BCUT2D eigenvalue weighted by Gasteiger charge is 2.25. The lowest BCUT2D eigenvalue weighted by Gasteiger charge is -2.15. The van der Waals surface area contributed by atoms with Crippen molar-refractivity contribution in [3.05, 3.63) is 45.8 Å². The second-order valence-electron chi connectivity index (χ2n) is 5.12. The van der Waals surface area contributed by atoms with Crippen molar-refractivity contribution in [3.63, 3.8) is 0 Å². The third-order valence-corrected chi connectivity index (χ3v) is 5.73. The number of carbonyl (C=O) groups excluding carboxylic acids is 1. The number of aryl methyl sites for hydroxylation is 2. The van der Waals surface area contributed by atoms with E-state index in [1.165, 1.54) is 26.3 Å². The van der Waals surface area contributed by atoms with Gasteiger partial charge in [0.15, 0.2) is 0 Å². The van der Waals surface area contributed by atoms with Crippen LogP contribution in [0.25, 0.3) is 0 Å². The molecule has 0 aliphatic rings. The highest BCUT2D eigenvalue weighted by atomic mass is 35.5. The Kier molecular flexibility index (Phi) is 5.83. The Labute approximate surface area is 150 Å². The lowest BCUT2D eigenvalue weighted by molar-refractivity contribution is -0.0258. The summed E-state index contributed by atoms with van der Waals surface area (Å²) in [6.07, 6.45) is 0. The van der Waals surface area contributed by atoms with E-state index >= 15 is 0 Å². The zero-order chi connectivity index (χ0) is 18.8. The molecule has 0 aliphatic carbocycles. The number of hydrogen-bond acceptors (Lipinski definition) is 7. The van der Waals surface area contributed by atoms with E-state index in [4.69, 9.17) is 25.7 Å². The van der Waals surface area contributed by atoms with Crippen LogP contribution in [0.3, 0.4) is 0 Å². The molecule has 0 radical (unpaired) electrons. The van der Waals surface area contributed by atoms with Gasteiger partial charge in [0, 0.05) is 7.05 Å². The number of sulfonamides is 1. The number of benzene rings is 1. The van der Waals surface area contributed by atoms with Crippen LogP contribution in [0.1, 0.15) is 27.4 Å². The molecule has 10 heteroatoms. The molecular weight excluding hydrogens is 372 g/mol. The minimum Gasteiger partial charge on any atom is -0.457 e. The van der Waals surface area contributed by atoms with Crippen LogP contribution in [-0.2, 0) is 26.2 Å². The van der Waals surface area contributed by atoms with E-state index in [0.717, 1.165) is 6.07 Å². The van der Waals surface area contributed by atoms with Crippen LogP contribution in [0.15, 0.2) is 27.6 Å². The van der Waals surface area contributed by atoms with Crippen LogP contribution in [0.4, 0.5) is 0 Å². The van der Waals surface area contributed by atoms with Gasteiger partial charge in [-0.05, 0) is 32.0 Å². The molecule has 0 unspecified atom stereocenters. The number of nitrogens with zero attached hydrogens (tertiary/aromatic N) is 2. The first kappa shape index (κ1) is 19.4. The van der Waals surface area contributed by atoms with Gasteiger partial charge in [0.1, 0.15) is 17.3 Å². The minimum atomic E-state index is -4.00. The van der Waals surface area contributed by atoms with Crippen molar-refractivity contribution >= 4 is 27.6 Å². The number of ether oxygens (including phenoxy) is 1. The van der Waals surface area contributed by atoms with E-state index in [-0.39, 0.29) is 22.1 Å². The molecular formula is C15H17ClN2O6S. The molecule has 0 fully saturated rings. The summed E-state index contributed by atoms with van der Waals surface area (Å²) in [5.41, 5.74) is 1.32. The number of hydrogen-bond donors (Lipinski definition) is 0. The summed E-state index contributed by atoms with van der Waals surface area (Å²) >= 11 is 5.95. The number of halogens is 1. The van der Waals surface area contributed by atoms with Gasteiger partial charge in [0.2, 0.25) is 0 Å². The van der Waals surface area contributed by atoms with Crippen molar-refractivity contribution in [2.45, 2.75) is 25.3 Å². The topological polar surface area (TPSA) is 98.9 Å². The van der Waals surface area contributed by atoms with Gasteiger partial charge in [0.25, 0.3) is 10.0 Å². The third kappa shape index (κ3) is 4.01. The predicted molar refractivity (Wildman–Crippen MR) is 88.5 cm³/mol. The molecule has 0 saturated heterocycles. The molecule has 2 aromatic rings. The Morgan fingerprint density at radius 2 is 2.04 bits per heavy atom. The SMILES string of the molecule is CON(C)S(=O)(=O)c1cc(C(=O)OCc2c(C)noc2C)ccc1Cl. The summed E-state index contributed by atoms with van der Waals surface area (Å²) in [4.78, 5) is 16.7. The molecule has 0 spiro atoms. The van der Waals surface area contributed by atoms with E-state index in [1.54, 1.807) is 13.8 Å². The summed E-state index contributed by atoms with van der Waals surface area (Å²) in [7, 11) is -1.58. The lowest BCUT2D eigenvalue weighted by Crippen LogP contribution is -2.26. The highest BCUT2D eigenvalue weighted by molar-refractivity contribution is 7.89. The molecule has 136 valence electrons. The third-order valence-electron chi connectivity index (χ3n) is 3.57. The number of esters is 1. The normalized spacial score (nSPS) is 11.8. The molecule has 1 aromatic heterocycles. The standard InChI is InChI=1S/C15H17ClN2O6S/c1-9-12(10(2)24-17-9)8-23-15(19)11-5-6-13(16)14(7-11)25(20,21)18(3)22-4/h5-7H,8H2,1-4H3. The van der Waals surface area contributed by atoms with Gasteiger partial charge in [-0.15, -0.1) is 0 Å². The molecule has 1 aromatic carbocycles. The van der Waals surface area contributed by atoms with Crippen molar-refractivity contribution in [2.75, 3.05) is 14.2 Å². The average molecular weight is 389 g/mol. The first-order chi connectivity index (χ1) is 11.7. The van der Waals surface area contributed by atoms with Gasteiger partial charge >= 0.3 is 5.97 Å². The average Bonchev–Trinajstić information content (AvgIpc) is 2.90. The fourth-order valence-electron chi connectivity index (χ4n) is 1.99. The first-order valence-corrected chi connectivity index (χ1v) is 8.91. The van der Waals surface area contributed by atoms with Gasteiger partial charge in [-0.25, -0.2) is 13.2 Å². The maximum Gasteiger partial charge on any atom is 0.338 e. The maximum absolute atomic E-state index is 12.3. The monoisotopic (exact) mass is 388 g/mol. The molecule has 1 heterocycles. The largest absolute Gasteiger partial charge is 0.457 e. The predicted octanol–water partition coefficient (Wildman–Crippen LogP) is 2.48. The van der Waals surface area contributed by atoms with Gasteiger partial charge in [-0.1, -0.05) is 21.2 Å². The van der Waals surface area contributed by atoms with Crippen molar-refractivity contribution in [1.29, 1.82) is 0 Å². The summed E-state index contributed by atoms with van der Waals surface area (Å²) in [5.74, 6) is -0.153.